The predicted octanol–water partition coefficient (Wildman–Crippen LogP) is 1.13. The number of aliphatic imine (C=N–C) groups is 1. The van der Waals surface area contributed by atoms with E-state index in [-0.39, 0.29) is 5.50 Å². The Balaban J connectivity index is 2.53. The molecule has 2 unspecified atom stereocenters. The first-order valence-corrected chi connectivity index (χ1v) is 4.95. The third-order valence-corrected chi connectivity index (χ3v) is 3.80. The lowest BCUT2D eigenvalue weighted by atomic mass is 10.5. The highest BCUT2D eigenvalue weighted by molar-refractivity contribution is 8.18. The van der Waals surface area contributed by atoms with Crippen LogP contribution in [0.4, 0.5) is 0 Å². The molecule has 1 aliphatic heterocycles. The molecule has 0 fully saturated rings. The van der Waals surface area contributed by atoms with Crippen molar-refractivity contribution in [2.45, 2.75) is 17.0 Å². The molecule has 1 aliphatic rings. The zero-order chi connectivity index (χ0) is 6.85. The molecule has 52 valence electrons. The molecule has 1 heterocycles. The van der Waals surface area contributed by atoms with Crippen molar-refractivity contribution < 1.29 is 0 Å². The number of thioether (sulfide) groups is 2. The minimum absolute atomic E-state index is 0.0116. The molecule has 0 bridgehead atoms. The average molecular weight is 162 g/mol. The Labute approximate surface area is 63.7 Å². The molecule has 2 atom stereocenters. The maximum absolute atomic E-state index is 5.55. The first kappa shape index (κ1) is 7.44. The maximum atomic E-state index is 5.55. The van der Waals surface area contributed by atoms with Crippen molar-refractivity contribution in [2.24, 2.45) is 10.7 Å². The van der Waals surface area contributed by atoms with Crippen molar-refractivity contribution in [1.82, 2.24) is 0 Å². The van der Waals surface area contributed by atoms with Crippen molar-refractivity contribution in [2.75, 3.05) is 6.26 Å². The van der Waals surface area contributed by atoms with Crippen molar-refractivity contribution in [3.8, 4) is 0 Å². The Kier molecular flexibility index (Phi) is 2.43. The van der Waals surface area contributed by atoms with Crippen LogP contribution in [0.1, 0.15) is 6.92 Å². The van der Waals surface area contributed by atoms with E-state index >= 15 is 0 Å². The van der Waals surface area contributed by atoms with Crippen LogP contribution in [0.2, 0.25) is 0 Å². The van der Waals surface area contributed by atoms with E-state index in [1.165, 1.54) is 5.71 Å². The van der Waals surface area contributed by atoms with Gasteiger partial charge in [-0.2, -0.15) is 0 Å². The third-order valence-electron chi connectivity index (χ3n) is 1.15. The van der Waals surface area contributed by atoms with Gasteiger partial charge in [0.1, 0.15) is 5.50 Å². The molecule has 0 aromatic heterocycles. The van der Waals surface area contributed by atoms with Crippen molar-refractivity contribution in [3.05, 3.63) is 0 Å². The Morgan fingerprint density at radius 2 is 2.44 bits per heavy atom. The summed E-state index contributed by atoms with van der Waals surface area (Å²) in [6, 6.07) is 0. The molecule has 9 heavy (non-hydrogen) atoms. The van der Waals surface area contributed by atoms with Crippen molar-refractivity contribution in [1.29, 1.82) is 0 Å². The normalized spacial score (nSPS) is 34.8. The summed E-state index contributed by atoms with van der Waals surface area (Å²) in [6.45, 7) is 2.03. The molecule has 0 saturated heterocycles. The summed E-state index contributed by atoms with van der Waals surface area (Å²) in [6.07, 6.45) is 2.08. The van der Waals surface area contributed by atoms with Crippen LogP contribution < -0.4 is 5.73 Å². The van der Waals surface area contributed by atoms with Crippen LogP contribution in [0.3, 0.4) is 0 Å². The predicted molar refractivity (Wildman–Crippen MR) is 46.0 cm³/mol. The van der Waals surface area contributed by atoms with Gasteiger partial charge in [-0.3, -0.25) is 4.99 Å². The van der Waals surface area contributed by atoms with E-state index in [2.05, 4.69) is 11.2 Å². The van der Waals surface area contributed by atoms with E-state index < -0.39 is 0 Å². The lowest BCUT2D eigenvalue weighted by Gasteiger charge is -2.03. The Hall–Kier alpha value is 0.330. The largest absolute Gasteiger partial charge is 0.301 e. The molecular formula is C5H10N2S2. The highest BCUT2D eigenvalue weighted by Gasteiger charge is 2.21. The summed E-state index contributed by atoms with van der Waals surface area (Å²) in [4.78, 5) is 4.18. The first-order valence-electron chi connectivity index (χ1n) is 2.72. The van der Waals surface area contributed by atoms with E-state index in [1.807, 2.05) is 6.92 Å². The van der Waals surface area contributed by atoms with E-state index in [1.54, 1.807) is 23.5 Å². The molecule has 2 nitrogen and oxygen atoms in total. The van der Waals surface area contributed by atoms with E-state index in [9.17, 15) is 0 Å². The van der Waals surface area contributed by atoms with Crippen LogP contribution in [0, 0.1) is 0 Å². The smallest absolute Gasteiger partial charge is 0.145 e. The van der Waals surface area contributed by atoms with Gasteiger partial charge in [-0.25, -0.2) is 0 Å². The van der Waals surface area contributed by atoms with Crippen LogP contribution in [0.25, 0.3) is 0 Å². The van der Waals surface area contributed by atoms with Gasteiger partial charge in [0.2, 0.25) is 0 Å². The van der Waals surface area contributed by atoms with Gasteiger partial charge in [0.05, 0.1) is 4.58 Å². The third kappa shape index (κ3) is 1.63. The Morgan fingerprint density at radius 1 is 1.78 bits per heavy atom. The second-order valence-corrected chi connectivity index (χ2v) is 4.33. The van der Waals surface area contributed by atoms with Gasteiger partial charge in [-0.1, -0.05) is 11.8 Å². The molecule has 0 saturated carbocycles. The summed E-state index contributed by atoms with van der Waals surface area (Å²) < 4.78 is 0.500. The van der Waals surface area contributed by atoms with E-state index in [4.69, 9.17) is 5.73 Å². The Morgan fingerprint density at radius 3 is 2.67 bits per heavy atom. The molecule has 2 N–H and O–H groups in total. The minimum Gasteiger partial charge on any atom is -0.301 e. The number of hydrogen-bond donors (Lipinski definition) is 1. The van der Waals surface area contributed by atoms with E-state index in [0.717, 1.165) is 0 Å². The van der Waals surface area contributed by atoms with Crippen molar-refractivity contribution >= 4 is 29.2 Å². The summed E-state index contributed by atoms with van der Waals surface area (Å²) in [5.74, 6) is 0. The van der Waals surface area contributed by atoms with Gasteiger partial charge in [0.25, 0.3) is 0 Å². The fourth-order valence-electron chi connectivity index (χ4n) is 0.743. The van der Waals surface area contributed by atoms with Crippen LogP contribution in [0.5, 0.6) is 0 Å². The van der Waals surface area contributed by atoms with Crippen LogP contribution in [-0.2, 0) is 0 Å². The summed E-state index contributed by atoms with van der Waals surface area (Å²) in [5.41, 5.74) is 6.71. The van der Waals surface area contributed by atoms with E-state index in [0.29, 0.717) is 4.58 Å². The second kappa shape index (κ2) is 2.94. The fourth-order valence-corrected chi connectivity index (χ4v) is 2.67. The number of nitrogens with zero attached hydrogens (tertiary/aromatic N) is 1. The molecule has 0 aromatic rings. The van der Waals surface area contributed by atoms with Gasteiger partial charge in [-0.05, 0) is 13.2 Å². The molecular weight excluding hydrogens is 152 g/mol. The zero-order valence-corrected chi connectivity index (χ0v) is 7.13. The number of rotatable bonds is 1. The lowest BCUT2D eigenvalue weighted by Crippen LogP contribution is -2.08. The standard InChI is InChI=1S/C5H10N2S2/c1-3-4(8-2)9-5(6)7-3/h4-5H,6H2,1-2H3. The highest BCUT2D eigenvalue weighted by Crippen LogP contribution is 2.31. The summed E-state index contributed by atoms with van der Waals surface area (Å²) >= 11 is 3.51. The van der Waals surface area contributed by atoms with Gasteiger partial charge in [-0.15, -0.1) is 11.8 Å². The van der Waals surface area contributed by atoms with Crippen molar-refractivity contribution in [3.63, 3.8) is 0 Å². The molecule has 0 spiro atoms. The lowest BCUT2D eigenvalue weighted by molar-refractivity contribution is 1.00. The summed E-state index contributed by atoms with van der Waals surface area (Å²) in [5, 5.41) is 0. The minimum atomic E-state index is -0.0116. The number of hydrogen-bond acceptors (Lipinski definition) is 4. The molecule has 0 radical (unpaired) electrons. The SMILES string of the molecule is CSC1SC(N)N=C1C. The first-order chi connectivity index (χ1) is 4.24. The zero-order valence-electron chi connectivity index (χ0n) is 5.50. The van der Waals surface area contributed by atoms with Crippen LogP contribution in [-0.4, -0.2) is 22.0 Å². The summed E-state index contributed by atoms with van der Waals surface area (Å²) in [7, 11) is 0. The average Bonchev–Trinajstić information content (AvgIpc) is 2.10. The monoisotopic (exact) mass is 162 g/mol. The van der Waals surface area contributed by atoms with Crippen LogP contribution in [0.15, 0.2) is 4.99 Å². The molecule has 4 heteroatoms. The molecule has 0 aromatic carbocycles. The topological polar surface area (TPSA) is 38.4 Å². The molecule has 1 rings (SSSR count). The number of nitrogens with two attached hydrogens (primary N) is 1. The maximum Gasteiger partial charge on any atom is 0.145 e. The highest BCUT2D eigenvalue weighted by atomic mass is 32.2. The second-order valence-electron chi connectivity index (χ2n) is 1.86. The molecule has 0 amide bonds. The Bertz CT molecular complexity index is 135. The van der Waals surface area contributed by atoms with Gasteiger partial charge in [0.15, 0.2) is 0 Å². The quantitative estimate of drug-likeness (QED) is 0.628. The fraction of sp³-hybridized carbons (Fsp3) is 0.800. The van der Waals surface area contributed by atoms with Gasteiger partial charge in [0, 0.05) is 5.71 Å². The van der Waals surface area contributed by atoms with Gasteiger partial charge >= 0.3 is 0 Å². The van der Waals surface area contributed by atoms with Crippen LogP contribution >= 0.6 is 23.5 Å². The molecule has 0 aliphatic carbocycles. The van der Waals surface area contributed by atoms with Gasteiger partial charge < -0.3 is 5.73 Å².